The van der Waals surface area contributed by atoms with Gasteiger partial charge in [-0.15, -0.1) is 0 Å². The summed E-state index contributed by atoms with van der Waals surface area (Å²) in [5, 5.41) is 19.6. The van der Waals surface area contributed by atoms with E-state index in [4.69, 9.17) is 0 Å². The van der Waals surface area contributed by atoms with E-state index in [0.29, 0.717) is 18.4 Å². The van der Waals surface area contributed by atoms with E-state index in [-0.39, 0.29) is 0 Å². The third-order valence-electron chi connectivity index (χ3n) is 2.68. The Bertz CT molecular complexity index is 151. The Hall–Kier alpha value is -0.340. The van der Waals surface area contributed by atoms with Crippen LogP contribution in [0.3, 0.4) is 0 Å². The van der Waals surface area contributed by atoms with Gasteiger partial charge in [0.2, 0.25) is 0 Å². The lowest BCUT2D eigenvalue weighted by molar-refractivity contribution is 0.0174. The quantitative estimate of drug-likeness (QED) is 0.635. The molecule has 0 spiro atoms. The lowest BCUT2D eigenvalue weighted by atomic mass is 9.81. The summed E-state index contributed by atoms with van der Waals surface area (Å²) in [5.74, 6) is 0. The standard InChI is InChI=1S/C10H20O2/c1-6-9(4,11)8(3)10(5,12)7-2/h11-12H,3,6-7H2,1-2,4-5H3. The highest BCUT2D eigenvalue weighted by Crippen LogP contribution is 2.30. The Morgan fingerprint density at radius 1 is 1.08 bits per heavy atom. The van der Waals surface area contributed by atoms with Crippen molar-refractivity contribution in [2.75, 3.05) is 0 Å². The zero-order chi connectivity index (χ0) is 9.99. The van der Waals surface area contributed by atoms with Gasteiger partial charge >= 0.3 is 0 Å². The Morgan fingerprint density at radius 2 is 1.33 bits per heavy atom. The predicted octanol–water partition coefficient (Wildman–Crippen LogP) is 1.86. The Morgan fingerprint density at radius 3 is 1.50 bits per heavy atom. The van der Waals surface area contributed by atoms with Gasteiger partial charge in [-0.3, -0.25) is 0 Å². The van der Waals surface area contributed by atoms with Crippen molar-refractivity contribution < 1.29 is 10.2 Å². The summed E-state index contributed by atoms with van der Waals surface area (Å²) >= 11 is 0. The van der Waals surface area contributed by atoms with Crippen LogP contribution in [0, 0.1) is 0 Å². The van der Waals surface area contributed by atoms with Crippen LogP contribution in [0.5, 0.6) is 0 Å². The first-order chi connectivity index (χ1) is 5.28. The average Bonchev–Trinajstić information content (AvgIpc) is 2.03. The van der Waals surface area contributed by atoms with E-state index in [1.54, 1.807) is 13.8 Å². The third kappa shape index (κ3) is 2.32. The van der Waals surface area contributed by atoms with Crippen molar-refractivity contribution in [1.82, 2.24) is 0 Å². The molecule has 72 valence electrons. The van der Waals surface area contributed by atoms with Gasteiger partial charge in [0.05, 0.1) is 11.2 Å². The molecule has 0 heterocycles. The molecule has 0 aliphatic rings. The van der Waals surface area contributed by atoms with Crippen molar-refractivity contribution in [3.63, 3.8) is 0 Å². The van der Waals surface area contributed by atoms with Gasteiger partial charge in [0.1, 0.15) is 0 Å². The third-order valence-corrected chi connectivity index (χ3v) is 2.68. The zero-order valence-corrected chi connectivity index (χ0v) is 8.52. The molecule has 0 radical (unpaired) electrons. The van der Waals surface area contributed by atoms with Gasteiger partial charge in [-0.25, -0.2) is 0 Å². The minimum Gasteiger partial charge on any atom is -0.386 e. The fraction of sp³-hybridized carbons (Fsp3) is 0.800. The van der Waals surface area contributed by atoms with Gasteiger partial charge in [-0.1, -0.05) is 20.4 Å². The Labute approximate surface area is 74.9 Å². The molecule has 0 aromatic carbocycles. The minimum absolute atomic E-state index is 0.500. The second-order valence-corrected chi connectivity index (χ2v) is 3.73. The fourth-order valence-corrected chi connectivity index (χ4v) is 1.01. The van der Waals surface area contributed by atoms with E-state index in [2.05, 4.69) is 6.58 Å². The summed E-state index contributed by atoms with van der Waals surface area (Å²) in [6.45, 7) is 10.8. The lowest BCUT2D eigenvalue weighted by Gasteiger charge is -2.34. The van der Waals surface area contributed by atoms with Gasteiger partial charge in [0, 0.05) is 0 Å². The summed E-state index contributed by atoms with van der Waals surface area (Å²) in [7, 11) is 0. The second-order valence-electron chi connectivity index (χ2n) is 3.73. The first-order valence-corrected chi connectivity index (χ1v) is 4.42. The maximum absolute atomic E-state index is 9.80. The van der Waals surface area contributed by atoms with Gasteiger partial charge in [0.25, 0.3) is 0 Å². The Kier molecular flexibility index (Phi) is 3.48. The molecular weight excluding hydrogens is 152 g/mol. The van der Waals surface area contributed by atoms with E-state index in [1.165, 1.54) is 0 Å². The van der Waals surface area contributed by atoms with Crippen molar-refractivity contribution in [2.45, 2.75) is 51.7 Å². The SMILES string of the molecule is C=C(C(C)(O)CC)C(C)(O)CC. The topological polar surface area (TPSA) is 40.5 Å². The van der Waals surface area contributed by atoms with Crippen molar-refractivity contribution in [2.24, 2.45) is 0 Å². The minimum atomic E-state index is -0.959. The molecule has 0 aromatic heterocycles. The van der Waals surface area contributed by atoms with Crippen LogP contribution in [-0.4, -0.2) is 21.4 Å². The molecule has 0 rings (SSSR count). The van der Waals surface area contributed by atoms with Crippen molar-refractivity contribution >= 4 is 0 Å². The Balaban J connectivity index is 4.60. The highest BCUT2D eigenvalue weighted by molar-refractivity contribution is 5.20. The second kappa shape index (κ2) is 3.58. The summed E-state index contributed by atoms with van der Waals surface area (Å²) in [6.07, 6.45) is 1.14. The molecule has 0 aromatic rings. The molecule has 2 heteroatoms. The van der Waals surface area contributed by atoms with E-state index >= 15 is 0 Å². The number of hydrogen-bond acceptors (Lipinski definition) is 2. The molecule has 0 fully saturated rings. The molecule has 0 saturated heterocycles. The van der Waals surface area contributed by atoms with E-state index in [1.807, 2.05) is 13.8 Å². The smallest absolute Gasteiger partial charge is 0.0850 e. The first-order valence-electron chi connectivity index (χ1n) is 4.42. The summed E-state index contributed by atoms with van der Waals surface area (Å²) in [4.78, 5) is 0. The van der Waals surface area contributed by atoms with Crippen LogP contribution in [0.1, 0.15) is 40.5 Å². The molecular formula is C10H20O2. The maximum Gasteiger partial charge on any atom is 0.0850 e. The molecule has 2 unspecified atom stereocenters. The summed E-state index contributed by atoms with van der Waals surface area (Å²) in [5.41, 5.74) is -1.42. The maximum atomic E-state index is 9.80. The van der Waals surface area contributed by atoms with Crippen LogP contribution in [0.2, 0.25) is 0 Å². The molecule has 2 N–H and O–H groups in total. The van der Waals surface area contributed by atoms with E-state index < -0.39 is 11.2 Å². The largest absolute Gasteiger partial charge is 0.386 e. The van der Waals surface area contributed by atoms with Crippen LogP contribution in [-0.2, 0) is 0 Å². The monoisotopic (exact) mass is 172 g/mol. The summed E-state index contributed by atoms with van der Waals surface area (Å²) in [6, 6.07) is 0. The molecule has 0 saturated carbocycles. The zero-order valence-electron chi connectivity index (χ0n) is 8.52. The van der Waals surface area contributed by atoms with Crippen molar-refractivity contribution in [1.29, 1.82) is 0 Å². The molecule has 0 aliphatic carbocycles. The van der Waals surface area contributed by atoms with Crippen molar-refractivity contribution in [3.8, 4) is 0 Å². The van der Waals surface area contributed by atoms with Crippen LogP contribution in [0.25, 0.3) is 0 Å². The predicted molar refractivity (Wildman–Crippen MR) is 51.0 cm³/mol. The number of rotatable bonds is 4. The summed E-state index contributed by atoms with van der Waals surface area (Å²) < 4.78 is 0. The first kappa shape index (κ1) is 11.7. The van der Waals surface area contributed by atoms with Crippen LogP contribution in [0.4, 0.5) is 0 Å². The number of hydrogen-bond donors (Lipinski definition) is 2. The van der Waals surface area contributed by atoms with Gasteiger partial charge in [-0.2, -0.15) is 0 Å². The normalized spacial score (nSPS) is 21.2. The number of aliphatic hydroxyl groups is 2. The van der Waals surface area contributed by atoms with Crippen LogP contribution in [0.15, 0.2) is 12.2 Å². The van der Waals surface area contributed by atoms with Crippen LogP contribution >= 0.6 is 0 Å². The molecule has 2 atom stereocenters. The van der Waals surface area contributed by atoms with Gasteiger partial charge in [-0.05, 0) is 32.3 Å². The van der Waals surface area contributed by atoms with E-state index in [9.17, 15) is 10.2 Å². The van der Waals surface area contributed by atoms with E-state index in [0.717, 1.165) is 0 Å². The molecule has 12 heavy (non-hydrogen) atoms. The fourth-order valence-electron chi connectivity index (χ4n) is 1.01. The van der Waals surface area contributed by atoms with Crippen LogP contribution < -0.4 is 0 Å². The van der Waals surface area contributed by atoms with Crippen molar-refractivity contribution in [3.05, 3.63) is 12.2 Å². The average molecular weight is 172 g/mol. The molecule has 0 aliphatic heterocycles. The highest BCUT2D eigenvalue weighted by atomic mass is 16.3. The highest BCUT2D eigenvalue weighted by Gasteiger charge is 2.34. The molecule has 0 bridgehead atoms. The van der Waals surface area contributed by atoms with Gasteiger partial charge < -0.3 is 10.2 Å². The molecule has 2 nitrogen and oxygen atoms in total. The lowest BCUT2D eigenvalue weighted by Crippen LogP contribution is -2.39. The molecule has 0 amide bonds. The van der Waals surface area contributed by atoms with Gasteiger partial charge in [0.15, 0.2) is 0 Å².